The summed E-state index contributed by atoms with van der Waals surface area (Å²) >= 11 is 0. The van der Waals surface area contributed by atoms with E-state index < -0.39 is 0 Å². The molecule has 0 aromatic carbocycles. The highest BCUT2D eigenvalue weighted by molar-refractivity contribution is 5.81. The molecule has 2 atom stereocenters. The van der Waals surface area contributed by atoms with E-state index in [2.05, 4.69) is 24.8 Å². The Bertz CT molecular complexity index is 715. The van der Waals surface area contributed by atoms with Crippen LogP contribution < -0.4 is 4.90 Å². The highest BCUT2D eigenvalue weighted by atomic mass is 16.5. The van der Waals surface area contributed by atoms with Crippen LogP contribution in [0.5, 0.6) is 0 Å². The van der Waals surface area contributed by atoms with Gasteiger partial charge in [0, 0.05) is 51.7 Å². The van der Waals surface area contributed by atoms with Gasteiger partial charge in [0.2, 0.25) is 0 Å². The number of nitrogens with zero attached hydrogens (tertiary/aromatic N) is 5. The molecule has 0 radical (unpaired) electrons. The Hall–Kier alpha value is -1.77. The molecule has 136 valence electrons. The number of ether oxygens (including phenoxy) is 1. The number of anilines is 1. The Balaban J connectivity index is 1.54. The molecule has 2 fully saturated rings. The maximum Gasteiger partial charge on any atom is 0.252 e. The molecule has 4 rings (SSSR count). The fourth-order valence-electron chi connectivity index (χ4n) is 3.81. The Labute approximate surface area is 146 Å². The molecule has 0 spiro atoms. The van der Waals surface area contributed by atoms with Gasteiger partial charge in [-0.2, -0.15) is 4.98 Å². The second-order valence-corrected chi connectivity index (χ2v) is 6.83. The summed E-state index contributed by atoms with van der Waals surface area (Å²) in [5, 5.41) is 9.85. The topological polar surface area (TPSA) is 87.8 Å². The average Bonchev–Trinajstić information content (AvgIpc) is 3.25. The van der Waals surface area contributed by atoms with Crippen molar-refractivity contribution in [1.29, 1.82) is 0 Å². The fourth-order valence-corrected chi connectivity index (χ4v) is 3.81. The summed E-state index contributed by atoms with van der Waals surface area (Å²) in [6, 6.07) is 0. The molecular formula is C17H25N5O3. The number of aryl methyl sites for hydroxylation is 1. The molecule has 0 bridgehead atoms. The van der Waals surface area contributed by atoms with E-state index in [0.717, 1.165) is 63.7 Å². The summed E-state index contributed by atoms with van der Waals surface area (Å²) in [6.45, 7) is 8.36. The van der Waals surface area contributed by atoms with Crippen molar-refractivity contribution in [3.8, 4) is 0 Å². The van der Waals surface area contributed by atoms with Crippen molar-refractivity contribution in [2.24, 2.45) is 11.8 Å². The molecule has 0 aliphatic carbocycles. The summed E-state index contributed by atoms with van der Waals surface area (Å²) in [6.07, 6.45) is 2.26. The average molecular weight is 347 g/mol. The van der Waals surface area contributed by atoms with Crippen molar-refractivity contribution in [2.45, 2.75) is 13.3 Å². The third-order valence-electron chi connectivity index (χ3n) is 5.23. The van der Waals surface area contributed by atoms with Gasteiger partial charge in [0.1, 0.15) is 6.33 Å². The first-order chi connectivity index (χ1) is 12.3. The molecule has 2 aliphatic rings. The van der Waals surface area contributed by atoms with Crippen LogP contribution in [-0.2, 0) is 11.2 Å². The lowest BCUT2D eigenvalue weighted by molar-refractivity contribution is 0.0268. The van der Waals surface area contributed by atoms with Crippen molar-refractivity contribution in [2.75, 3.05) is 57.4 Å². The van der Waals surface area contributed by atoms with E-state index in [1.165, 1.54) is 6.33 Å². The number of oxazole rings is 1. The van der Waals surface area contributed by atoms with Crippen molar-refractivity contribution < 1.29 is 14.3 Å². The third-order valence-corrected chi connectivity index (χ3v) is 5.23. The van der Waals surface area contributed by atoms with Crippen LogP contribution >= 0.6 is 0 Å². The quantitative estimate of drug-likeness (QED) is 0.839. The normalized spacial score (nSPS) is 25.1. The van der Waals surface area contributed by atoms with Crippen LogP contribution in [0.2, 0.25) is 0 Å². The number of morpholine rings is 1. The third kappa shape index (κ3) is 3.33. The molecule has 25 heavy (non-hydrogen) atoms. The van der Waals surface area contributed by atoms with Crippen LogP contribution in [0.15, 0.2) is 10.7 Å². The minimum Gasteiger partial charge on any atom is -0.422 e. The first-order valence-corrected chi connectivity index (χ1v) is 9.04. The molecule has 0 amide bonds. The number of aliphatic hydroxyl groups is 1. The van der Waals surface area contributed by atoms with Gasteiger partial charge < -0.3 is 19.2 Å². The van der Waals surface area contributed by atoms with Gasteiger partial charge in [0.15, 0.2) is 17.2 Å². The summed E-state index contributed by atoms with van der Waals surface area (Å²) in [5.74, 6) is 2.15. The summed E-state index contributed by atoms with van der Waals surface area (Å²) in [4.78, 5) is 17.9. The van der Waals surface area contributed by atoms with E-state index in [-0.39, 0.29) is 12.5 Å². The molecule has 4 heterocycles. The maximum absolute atomic E-state index is 9.85. The number of rotatable bonds is 5. The van der Waals surface area contributed by atoms with E-state index in [1.54, 1.807) is 0 Å². The predicted octanol–water partition coefficient (Wildman–Crippen LogP) is 0.557. The summed E-state index contributed by atoms with van der Waals surface area (Å²) in [5.41, 5.74) is 1.27. The molecule has 2 aliphatic heterocycles. The Morgan fingerprint density at radius 1 is 1.20 bits per heavy atom. The zero-order valence-electron chi connectivity index (χ0n) is 14.6. The smallest absolute Gasteiger partial charge is 0.252 e. The minimum absolute atomic E-state index is 0.193. The molecular weight excluding hydrogens is 322 g/mol. The molecule has 1 N–H and O–H groups in total. The van der Waals surface area contributed by atoms with E-state index in [4.69, 9.17) is 9.15 Å². The van der Waals surface area contributed by atoms with Crippen LogP contribution in [0, 0.1) is 11.8 Å². The van der Waals surface area contributed by atoms with Crippen molar-refractivity contribution in [3.63, 3.8) is 0 Å². The van der Waals surface area contributed by atoms with Crippen LogP contribution in [0.3, 0.4) is 0 Å². The van der Waals surface area contributed by atoms with Crippen LogP contribution in [0.25, 0.3) is 11.2 Å². The molecule has 2 aromatic heterocycles. The van der Waals surface area contributed by atoms with E-state index >= 15 is 0 Å². The zero-order valence-corrected chi connectivity index (χ0v) is 14.6. The van der Waals surface area contributed by atoms with Crippen molar-refractivity contribution in [1.82, 2.24) is 19.9 Å². The summed E-state index contributed by atoms with van der Waals surface area (Å²) < 4.78 is 11.1. The molecule has 0 saturated carbocycles. The van der Waals surface area contributed by atoms with E-state index in [0.29, 0.717) is 17.5 Å². The molecule has 2 aromatic rings. The standard InChI is InChI=1S/C17H25N5O3/c1-2-14-20-15-16(18-11-19-17(15)25-14)22-8-12(13(9-22)10-23)7-21-3-5-24-6-4-21/h11-13,23H,2-10H2,1H3/t12-,13-/m1/s1. The fraction of sp³-hybridized carbons (Fsp3) is 0.706. The van der Waals surface area contributed by atoms with Gasteiger partial charge in [-0.25, -0.2) is 9.97 Å². The number of hydrogen-bond donors (Lipinski definition) is 1. The first kappa shape index (κ1) is 16.7. The van der Waals surface area contributed by atoms with Crippen molar-refractivity contribution >= 4 is 17.0 Å². The predicted molar refractivity (Wildman–Crippen MR) is 92.5 cm³/mol. The van der Waals surface area contributed by atoms with Crippen LogP contribution in [0.1, 0.15) is 12.8 Å². The largest absolute Gasteiger partial charge is 0.422 e. The second-order valence-electron chi connectivity index (χ2n) is 6.83. The van der Waals surface area contributed by atoms with Gasteiger partial charge >= 0.3 is 0 Å². The summed E-state index contributed by atoms with van der Waals surface area (Å²) in [7, 11) is 0. The highest BCUT2D eigenvalue weighted by Crippen LogP contribution is 2.31. The number of aromatic nitrogens is 3. The van der Waals surface area contributed by atoms with Gasteiger partial charge in [-0.05, 0) is 5.92 Å². The molecule has 0 unspecified atom stereocenters. The first-order valence-electron chi connectivity index (χ1n) is 9.04. The monoisotopic (exact) mass is 347 g/mol. The zero-order chi connectivity index (χ0) is 17.2. The Kier molecular flexibility index (Phi) is 4.82. The molecule has 8 nitrogen and oxygen atoms in total. The van der Waals surface area contributed by atoms with Gasteiger partial charge in [0.05, 0.1) is 13.2 Å². The van der Waals surface area contributed by atoms with Gasteiger partial charge in [-0.1, -0.05) is 6.92 Å². The lowest BCUT2D eigenvalue weighted by Gasteiger charge is -2.30. The number of aliphatic hydroxyl groups excluding tert-OH is 1. The number of hydrogen-bond acceptors (Lipinski definition) is 8. The van der Waals surface area contributed by atoms with E-state index in [9.17, 15) is 5.11 Å². The molecule has 2 saturated heterocycles. The number of fused-ring (bicyclic) bond motifs is 1. The van der Waals surface area contributed by atoms with Crippen LogP contribution in [0.4, 0.5) is 5.82 Å². The minimum atomic E-state index is 0.193. The molecule has 8 heteroatoms. The van der Waals surface area contributed by atoms with Crippen LogP contribution in [-0.4, -0.2) is 77.5 Å². The van der Waals surface area contributed by atoms with E-state index in [1.807, 2.05) is 6.92 Å². The Morgan fingerprint density at radius 2 is 2.00 bits per heavy atom. The van der Waals surface area contributed by atoms with Gasteiger partial charge in [-0.15, -0.1) is 0 Å². The van der Waals surface area contributed by atoms with Crippen molar-refractivity contribution in [3.05, 3.63) is 12.2 Å². The maximum atomic E-state index is 9.85. The van der Waals surface area contributed by atoms with Gasteiger partial charge in [-0.3, -0.25) is 4.90 Å². The second kappa shape index (κ2) is 7.23. The lowest BCUT2D eigenvalue weighted by Crippen LogP contribution is -2.41. The lowest BCUT2D eigenvalue weighted by atomic mass is 9.96. The highest BCUT2D eigenvalue weighted by Gasteiger charge is 2.35. The SMILES string of the molecule is CCc1nc2c(N3C[C@@H](CN4CCOCC4)[C@@H](CO)C3)ncnc2o1. The van der Waals surface area contributed by atoms with Gasteiger partial charge in [0.25, 0.3) is 5.71 Å². The Morgan fingerprint density at radius 3 is 2.76 bits per heavy atom.